The second-order valence-electron chi connectivity index (χ2n) is 19.8. The number of thiophene rings is 2. The number of benzene rings is 4. The van der Waals surface area contributed by atoms with Crippen LogP contribution in [-0.2, 0) is 62.3 Å². The van der Waals surface area contributed by atoms with Gasteiger partial charge in [-0.05, 0) is 132 Å². The summed E-state index contributed by atoms with van der Waals surface area (Å²) in [6, 6.07) is 29.1. The molecule has 2 aromatic heterocycles. The first kappa shape index (κ1) is 61.8. The van der Waals surface area contributed by atoms with Crippen LogP contribution in [0.1, 0.15) is 78.1 Å². The number of carbonyl (C=O) groups is 4. The van der Waals surface area contributed by atoms with Crippen molar-refractivity contribution in [2.45, 2.75) is 104 Å². The minimum Gasteiger partial charge on any atom is -0.488 e. The number of fused-ring (bicyclic) bond motifs is 2. The van der Waals surface area contributed by atoms with Gasteiger partial charge in [-0.1, -0.05) is 74.5 Å². The molecule has 12 nitrogen and oxygen atoms in total. The lowest BCUT2D eigenvalue weighted by Crippen LogP contribution is -2.48. The van der Waals surface area contributed by atoms with Crippen molar-refractivity contribution < 1.29 is 64.8 Å². The fourth-order valence-corrected chi connectivity index (χ4v) is 11.1. The monoisotopic (exact) mass is 1160 g/mol. The van der Waals surface area contributed by atoms with E-state index in [2.05, 4.69) is 0 Å². The largest absolute Gasteiger partial charge is 0.488 e. The number of nitrogens with zero attached hydrogens (tertiary/aromatic N) is 4. The number of carboxylic acids is 1. The zero-order valence-electron chi connectivity index (χ0n) is 44.7. The van der Waals surface area contributed by atoms with Gasteiger partial charge in [-0.3, -0.25) is 29.0 Å². The summed E-state index contributed by atoms with van der Waals surface area (Å²) >= 11 is 1.35. The average Bonchev–Trinajstić information content (AvgIpc) is 4.30. The molecular formula is C58H63ClF6N4O8S2. The number of rotatable bonds is 18. The molecule has 0 aliphatic carbocycles. The van der Waals surface area contributed by atoms with Crippen LogP contribution in [-0.4, -0.2) is 96.6 Å². The lowest BCUT2D eigenvalue weighted by Gasteiger charge is -2.30. The van der Waals surface area contributed by atoms with Crippen LogP contribution >= 0.6 is 35.1 Å². The van der Waals surface area contributed by atoms with Gasteiger partial charge in [-0.2, -0.15) is 26.3 Å². The Bertz CT molecular complexity index is 3070. The summed E-state index contributed by atoms with van der Waals surface area (Å²) in [6.07, 6.45) is -8.11. The van der Waals surface area contributed by atoms with Gasteiger partial charge in [-0.15, -0.1) is 35.1 Å². The van der Waals surface area contributed by atoms with E-state index in [1.54, 1.807) is 141 Å². The van der Waals surface area contributed by atoms with Crippen molar-refractivity contribution in [3.63, 3.8) is 0 Å². The van der Waals surface area contributed by atoms with Crippen LogP contribution in [0.2, 0.25) is 0 Å². The number of halogens is 7. The normalized spacial score (nSPS) is 14.0. The number of ether oxygens (including phenoxy) is 3. The molecule has 2 aliphatic heterocycles. The van der Waals surface area contributed by atoms with Gasteiger partial charge in [0.1, 0.15) is 40.1 Å². The van der Waals surface area contributed by atoms with Crippen molar-refractivity contribution in [1.29, 1.82) is 0 Å². The molecule has 0 fully saturated rings. The molecule has 2 unspecified atom stereocenters. The van der Waals surface area contributed by atoms with E-state index in [4.69, 9.17) is 14.2 Å². The molecule has 424 valence electrons. The summed E-state index contributed by atoms with van der Waals surface area (Å²) in [5.41, 5.74) is 3.83. The fourth-order valence-electron chi connectivity index (χ4n) is 9.18. The van der Waals surface area contributed by atoms with E-state index < -0.39 is 51.7 Å². The van der Waals surface area contributed by atoms with Gasteiger partial charge in [0.15, 0.2) is 0 Å². The van der Waals surface area contributed by atoms with Crippen LogP contribution in [0.3, 0.4) is 0 Å². The zero-order chi connectivity index (χ0) is 56.7. The van der Waals surface area contributed by atoms with Gasteiger partial charge in [0.2, 0.25) is 11.8 Å². The first-order chi connectivity index (χ1) is 36.8. The fraction of sp³-hybridized carbons (Fsp3) is 0.379. The number of anilines is 2. The maximum atomic E-state index is 13.7. The quantitative estimate of drug-likeness (QED) is 0.0656. The average molecular weight is 1160 g/mol. The molecular weight excluding hydrogens is 1090 g/mol. The Morgan fingerprint density at radius 2 is 1.00 bits per heavy atom. The highest BCUT2D eigenvalue weighted by Crippen LogP contribution is 2.45. The van der Waals surface area contributed by atoms with Gasteiger partial charge in [-0.25, -0.2) is 0 Å². The molecule has 2 aliphatic rings. The third kappa shape index (κ3) is 15.7. The summed E-state index contributed by atoms with van der Waals surface area (Å²) in [7, 11) is 3.52. The standard InChI is InChI=1S/C31H35F3N2O4S.C27H27F3N2O4S.ClH/c1-6-35(5)26(18-27(37)40-30(2,3)4)29(38)36-15-14-21-16-22(12-13-25(21)36)39-19-23-17-24(20-10-8-7-9-11-20)28(41-23)31(32,33)34;1-3-31(2)23(15-24(33)34)26(35)32-12-11-18-13-19(9-10-22(18)32)36-16-20-14-21(17-7-5-4-6-8-17)25(37-20)27(28,29)30;/h7-13,16-17,26H,6,14-15,18-19H2,1-5H3;4-10,13-14,23H,3,11-12,15-16H2,1-2H3,(H,33,34);1H. The SMILES string of the molecule is CCN(C)C(CC(=O)O)C(=O)N1CCc2cc(OCc3cc(-c4ccccc4)c(C(F)(F)F)s3)ccc21.CCN(C)C(CC(=O)OC(C)(C)C)C(=O)N1CCc2cc(OCc3cc(-c4ccccc4)c(C(F)(F)F)s3)ccc21.Cl. The van der Waals surface area contributed by atoms with Crippen LogP contribution in [0.5, 0.6) is 11.5 Å². The molecule has 8 rings (SSSR count). The van der Waals surface area contributed by atoms with Gasteiger partial charge in [0, 0.05) is 45.3 Å². The number of alkyl halides is 6. The van der Waals surface area contributed by atoms with E-state index in [0.29, 0.717) is 99.8 Å². The molecule has 0 saturated heterocycles. The Hall–Kier alpha value is -6.45. The minimum atomic E-state index is -4.47. The molecule has 0 bridgehead atoms. The third-order valence-electron chi connectivity index (χ3n) is 13.2. The molecule has 4 heterocycles. The summed E-state index contributed by atoms with van der Waals surface area (Å²) in [6.45, 7) is 11.1. The molecule has 1 N–H and O–H groups in total. The smallest absolute Gasteiger partial charge is 0.426 e. The molecule has 2 amide bonds. The van der Waals surface area contributed by atoms with Crippen LogP contribution in [0.4, 0.5) is 37.7 Å². The van der Waals surface area contributed by atoms with E-state index in [-0.39, 0.29) is 61.4 Å². The number of carbonyl (C=O) groups excluding carboxylic acids is 3. The predicted molar refractivity (Wildman–Crippen MR) is 297 cm³/mol. The van der Waals surface area contributed by atoms with E-state index in [1.165, 1.54) is 12.1 Å². The van der Waals surface area contributed by atoms with Crippen molar-refractivity contribution in [3.05, 3.63) is 140 Å². The van der Waals surface area contributed by atoms with Gasteiger partial charge in [0.05, 0.1) is 24.9 Å². The van der Waals surface area contributed by atoms with Crippen molar-refractivity contribution in [2.75, 3.05) is 50.1 Å². The highest BCUT2D eigenvalue weighted by atomic mass is 35.5. The predicted octanol–water partition coefficient (Wildman–Crippen LogP) is 13.1. The Kier molecular flexibility index (Phi) is 20.5. The first-order valence-electron chi connectivity index (χ1n) is 25.3. The molecule has 21 heteroatoms. The molecule has 6 aromatic rings. The van der Waals surface area contributed by atoms with E-state index in [9.17, 15) is 50.6 Å². The Labute approximate surface area is 469 Å². The lowest BCUT2D eigenvalue weighted by atomic mass is 10.1. The molecule has 4 aromatic carbocycles. The Morgan fingerprint density at radius 3 is 1.35 bits per heavy atom. The van der Waals surface area contributed by atoms with Gasteiger partial charge < -0.3 is 29.1 Å². The summed E-state index contributed by atoms with van der Waals surface area (Å²) in [5, 5.41) is 9.26. The molecule has 79 heavy (non-hydrogen) atoms. The van der Waals surface area contributed by atoms with E-state index >= 15 is 0 Å². The van der Waals surface area contributed by atoms with Crippen molar-refractivity contribution in [2.24, 2.45) is 0 Å². The topological polar surface area (TPSA) is 129 Å². The number of esters is 1. The Morgan fingerprint density at radius 1 is 0.608 bits per heavy atom. The number of likely N-dealkylation sites (N-methyl/N-ethyl adjacent to an activating group) is 2. The minimum absolute atomic E-state index is 0. The van der Waals surface area contributed by atoms with Crippen molar-refractivity contribution >= 4 is 70.2 Å². The van der Waals surface area contributed by atoms with Crippen LogP contribution < -0.4 is 19.3 Å². The number of carboxylic acid groups (broad SMARTS) is 1. The zero-order valence-corrected chi connectivity index (χ0v) is 47.2. The number of hydrogen-bond donors (Lipinski definition) is 1. The Balaban J connectivity index is 0.000000253. The van der Waals surface area contributed by atoms with Crippen LogP contribution in [0.25, 0.3) is 22.3 Å². The summed E-state index contributed by atoms with van der Waals surface area (Å²) < 4.78 is 99.4. The highest BCUT2D eigenvalue weighted by molar-refractivity contribution is 7.13. The lowest BCUT2D eigenvalue weighted by molar-refractivity contribution is -0.157. The van der Waals surface area contributed by atoms with Crippen LogP contribution in [0, 0.1) is 0 Å². The highest BCUT2D eigenvalue weighted by Gasteiger charge is 2.39. The van der Waals surface area contributed by atoms with Crippen molar-refractivity contribution in [3.8, 4) is 33.8 Å². The second kappa shape index (κ2) is 26.2. The molecule has 0 radical (unpaired) electrons. The number of aliphatic carboxylic acids is 1. The number of hydrogen-bond acceptors (Lipinski definition) is 11. The second-order valence-corrected chi connectivity index (χ2v) is 22.1. The van der Waals surface area contributed by atoms with Gasteiger partial charge >= 0.3 is 24.3 Å². The summed E-state index contributed by atoms with van der Waals surface area (Å²) in [4.78, 5) is 57.0. The van der Waals surface area contributed by atoms with Crippen molar-refractivity contribution in [1.82, 2.24) is 9.80 Å². The maximum absolute atomic E-state index is 13.7. The molecule has 0 saturated carbocycles. The maximum Gasteiger partial charge on any atom is 0.426 e. The van der Waals surface area contributed by atoms with Gasteiger partial charge in [0.25, 0.3) is 0 Å². The third-order valence-corrected chi connectivity index (χ3v) is 15.5. The first-order valence-corrected chi connectivity index (χ1v) is 27.0. The summed E-state index contributed by atoms with van der Waals surface area (Å²) in [5.74, 6) is -0.928. The van der Waals surface area contributed by atoms with Crippen LogP contribution in [0.15, 0.2) is 109 Å². The van der Waals surface area contributed by atoms with E-state index in [1.807, 2.05) is 24.8 Å². The van der Waals surface area contributed by atoms with E-state index in [0.717, 1.165) is 16.8 Å². The number of amides is 2. The molecule has 0 spiro atoms. The molecule has 2 atom stereocenters.